The zero-order chi connectivity index (χ0) is 12.6. The Morgan fingerprint density at radius 1 is 1.00 bits per heavy atom. The molecule has 0 amide bonds. The number of hydrogen-bond donors (Lipinski definition) is 2. The third kappa shape index (κ3) is 8.57. The molecule has 4 nitrogen and oxygen atoms in total. The Hall–Kier alpha value is -0.130. The van der Waals surface area contributed by atoms with Crippen LogP contribution in [0.2, 0.25) is 0 Å². The zero-order valence-electron chi connectivity index (χ0n) is 10.9. The number of sulfonamides is 1. The lowest BCUT2D eigenvalue weighted by molar-refractivity contribution is 0.362. The third-order valence-electron chi connectivity index (χ3n) is 3.32. The minimum Gasteiger partial charge on any atom is -0.315 e. The van der Waals surface area contributed by atoms with Gasteiger partial charge >= 0.3 is 0 Å². The van der Waals surface area contributed by atoms with Gasteiger partial charge < -0.3 is 5.32 Å². The predicted molar refractivity (Wildman–Crippen MR) is 71.5 cm³/mol. The van der Waals surface area contributed by atoms with Crippen LogP contribution >= 0.6 is 0 Å². The maximum Gasteiger partial charge on any atom is 0.208 e. The van der Waals surface area contributed by atoms with E-state index >= 15 is 0 Å². The normalized spacial score (nSPS) is 19.8. The molecule has 0 bridgehead atoms. The van der Waals surface area contributed by atoms with E-state index in [1.54, 1.807) is 0 Å². The van der Waals surface area contributed by atoms with Crippen molar-refractivity contribution in [1.29, 1.82) is 0 Å². The van der Waals surface area contributed by atoms with Crippen LogP contribution in [0.4, 0.5) is 0 Å². The molecule has 2 N–H and O–H groups in total. The smallest absolute Gasteiger partial charge is 0.208 e. The van der Waals surface area contributed by atoms with Crippen LogP contribution in [0.15, 0.2) is 0 Å². The van der Waals surface area contributed by atoms with Gasteiger partial charge in [0, 0.05) is 13.1 Å². The Bertz CT molecular complexity index is 283. The molecule has 1 rings (SSSR count). The van der Waals surface area contributed by atoms with Crippen molar-refractivity contribution in [1.82, 2.24) is 10.0 Å². The second-order valence-corrected chi connectivity index (χ2v) is 6.91. The van der Waals surface area contributed by atoms with Crippen molar-refractivity contribution >= 4 is 10.0 Å². The van der Waals surface area contributed by atoms with E-state index in [1.807, 2.05) is 0 Å². The second-order valence-electron chi connectivity index (χ2n) is 5.08. The fourth-order valence-electron chi connectivity index (χ4n) is 2.38. The lowest BCUT2D eigenvalue weighted by Crippen LogP contribution is -2.33. The Labute approximate surface area is 106 Å². The molecule has 0 radical (unpaired) electrons. The van der Waals surface area contributed by atoms with Gasteiger partial charge in [-0.25, -0.2) is 13.1 Å². The first-order valence-electron chi connectivity index (χ1n) is 6.73. The fourth-order valence-corrected chi connectivity index (χ4v) is 2.85. The summed E-state index contributed by atoms with van der Waals surface area (Å²) < 4.78 is 24.2. The summed E-state index contributed by atoms with van der Waals surface area (Å²) in [5.41, 5.74) is 0. The highest BCUT2D eigenvalue weighted by molar-refractivity contribution is 7.88. The quantitative estimate of drug-likeness (QED) is 0.713. The van der Waals surface area contributed by atoms with Gasteiger partial charge in [-0.2, -0.15) is 0 Å². The van der Waals surface area contributed by atoms with Crippen molar-refractivity contribution in [2.45, 2.75) is 44.9 Å². The van der Waals surface area contributed by atoms with E-state index in [1.165, 1.54) is 51.2 Å². The van der Waals surface area contributed by atoms with Crippen molar-refractivity contribution in [3.8, 4) is 0 Å². The van der Waals surface area contributed by atoms with Gasteiger partial charge in [-0.3, -0.25) is 0 Å². The summed E-state index contributed by atoms with van der Waals surface area (Å²) in [4.78, 5) is 0. The lowest BCUT2D eigenvalue weighted by Gasteiger charge is -2.20. The van der Waals surface area contributed by atoms with Crippen LogP contribution in [-0.2, 0) is 10.0 Å². The molecule has 1 saturated carbocycles. The highest BCUT2D eigenvalue weighted by atomic mass is 32.2. The minimum atomic E-state index is -3.03. The molecule has 0 spiro atoms. The molecule has 0 heterocycles. The molecule has 0 aliphatic heterocycles. The van der Waals surface area contributed by atoms with Crippen molar-refractivity contribution < 1.29 is 8.42 Å². The first-order valence-corrected chi connectivity index (χ1v) is 8.62. The van der Waals surface area contributed by atoms with E-state index in [9.17, 15) is 8.42 Å². The standard InChI is InChI=1S/C12H26N2O2S/c1-17(15,16)14-10-9-13-11-12-7-5-3-2-4-6-8-12/h12-14H,2-11H2,1H3. The maximum absolute atomic E-state index is 10.8. The molecule has 0 aromatic carbocycles. The monoisotopic (exact) mass is 262 g/mol. The van der Waals surface area contributed by atoms with E-state index in [4.69, 9.17) is 0 Å². The van der Waals surface area contributed by atoms with E-state index in [0.29, 0.717) is 6.54 Å². The maximum atomic E-state index is 10.8. The Kier molecular flexibility index (Phi) is 7.08. The molecule has 1 aliphatic rings. The van der Waals surface area contributed by atoms with E-state index < -0.39 is 10.0 Å². The zero-order valence-corrected chi connectivity index (χ0v) is 11.7. The van der Waals surface area contributed by atoms with Crippen LogP contribution < -0.4 is 10.0 Å². The van der Waals surface area contributed by atoms with Gasteiger partial charge in [-0.1, -0.05) is 32.1 Å². The third-order valence-corrected chi connectivity index (χ3v) is 4.05. The van der Waals surface area contributed by atoms with E-state index in [0.717, 1.165) is 19.0 Å². The molecule has 1 fully saturated rings. The first-order chi connectivity index (χ1) is 8.08. The van der Waals surface area contributed by atoms with Crippen molar-refractivity contribution in [3.05, 3.63) is 0 Å². The molecule has 0 aromatic rings. The van der Waals surface area contributed by atoms with Crippen molar-refractivity contribution in [2.24, 2.45) is 5.92 Å². The average Bonchev–Trinajstić information content (AvgIpc) is 2.18. The van der Waals surface area contributed by atoms with Gasteiger partial charge in [0.2, 0.25) is 10.0 Å². The van der Waals surface area contributed by atoms with Crippen LogP contribution in [-0.4, -0.2) is 34.3 Å². The fraction of sp³-hybridized carbons (Fsp3) is 1.00. The summed E-state index contributed by atoms with van der Waals surface area (Å²) in [6.07, 6.45) is 10.7. The molecule has 5 heteroatoms. The summed E-state index contributed by atoms with van der Waals surface area (Å²) in [7, 11) is -3.03. The van der Waals surface area contributed by atoms with Gasteiger partial charge in [0.25, 0.3) is 0 Å². The largest absolute Gasteiger partial charge is 0.315 e. The Morgan fingerprint density at radius 2 is 1.59 bits per heavy atom. The lowest BCUT2D eigenvalue weighted by atomic mass is 9.91. The van der Waals surface area contributed by atoms with Crippen LogP contribution in [0.3, 0.4) is 0 Å². The molecule has 0 saturated heterocycles. The van der Waals surface area contributed by atoms with Crippen LogP contribution in [0.1, 0.15) is 44.9 Å². The molecule has 0 aromatic heterocycles. The molecular formula is C12H26N2O2S. The second kappa shape index (κ2) is 8.06. The van der Waals surface area contributed by atoms with Crippen LogP contribution in [0.5, 0.6) is 0 Å². The SMILES string of the molecule is CS(=O)(=O)NCCNCC1CCCCCCC1. The van der Waals surface area contributed by atoms with Gasteiger partial charge in [-0.15, -0.1) is 0 Å². The van der Waals surface area contributed by atoms with E-state index in [2.05, 4.69) is 10.0 Å². The van der Waals surface area contributed by atoms with Crippen molar-refractivity contribution in [2.75, 3.05) is 25.9 Å². The molecular weight excluding hydrogens is 236 g/mol. The Balaban J connectivity index is 2.04. The highest BCUT2D eigenvalue weighted by Gasteiger charge is 2.10. The van der Waals surface area contributed by atoms with Crippen LogP contribution in [0, 0.1) is 5.92 Å². The summed E-state index contributed by atoms with van der Waals surface area (Å²) in [5.74, 6) is 0.786. The first kappa shape index (κ1) is 14.9. The Morgan fingerprint density at radius 3 is 2.18 bits per heavy atom. The average molecular weight is 262 g/mol. The minimum absolute atomic E-state index is 0.492. The van der Waals surface area contributed by atoms with Gasteiger partial charge in [-0.05, 0) is 25.3 Å². The molecule has 1 aliphatic carbocycles. The molecule has 102 valence electrons. The van der Waals surface area contributed by atoms with Gasteiger partial charge in [0.05, 0.1) is 6.26 Å². The number of hydrogen-bond acceptors (Lipinski definition) is 3. The summed E-state index contributed by atoms with van der Waals surface area (Å²) >= 11 is 0. The van der Waals surface area contributed by atoms with Gasteiger partial charge in [0.1, 0.15) is 0 Å². The molecule has 0 atom stereocenters. The summed E-state index contributed by atoms with van der Waals surface area (Å²) in [6.45, 7) is 2.25. The summed E-state index contributed by atoms with van der Waals surface area (Å²) in [6, 6.07) is 0. The van der Waals surface area contributed by atoms with Crippen LogP contribution in [0.25, 0.3) is 0 Å². The topological polar surface area (TPSA) is 58.2 Å². The number of nitrogens with one attached hydrogen (secondary N) is 2. The van der Waals surface area contributed by atoms with Gasteiger partial charge in [0.15, 0.2) is 0 Å². The molecule has 17 heavy (non-hydrogen) atoms. The van der Waals surface area contributed by atoms with E-state index in [-0.39, 0.29) is 0 Å². The highest BCUT2D eigenvalue weighted by Crippen LogP contribution is 2.21. The number of rotatable bonds is 6. The predicted octanol–water partition coefficient (Wildman–Crippen LogP) is 1.49. The van der Waals surface area contributed by atoms with Crippen molar-refractivity contribution in [3.63, 3.8) is 0 Å². The summed E-state index contributed by atoms with van der Waals surface area (Å²) in [5, 5.41) is 3.35. The molecule has 0 unspecified atom stereocenters.